The van der Waals surface area contributed by atoms with Crippen molar-refractivity contribution in [2.24, 2.45) is 5.10 Å². The Hall–Kier alpha value is -3.46. The third kappa shape index (κ3) is 5.36. The third-order valence-corrected chi connectivity index (χ3v) is 6.08. The van der Waals surface area contributed by atoms with Crippen LogP contribution >= 0.6 is 0 Å². The molecule has 34 heavy (non-hydrogen) atoms. The largest absolute Gasteiger partial charge is 0.497 e. The Morgan fingerprint density at radius 1 is 1.09 bits per heavy atom. The van der Waals surface area contributed by atoms with Crippen LogP contribution < -0.4 is 4.74 Å². The molecule has 2 aromatic carbocycles. The lowest BCUT2D eigenvalue weighted by molar-refractivity contribution is -0.134. The Morgan fingerprint density at radius 3 is 2.47 bits per heavy atom. The average molecular weight is 469 g/mol. The molecule has 0 aliphatic carbocycles. The fourth-order valence-electron chi connectivity index (χ4n) is 4.24. The first kappa shape index (κ1) is 23.7. The van der Waals surface area contributed by atoms with Gasteiger partial charge in [-0.25, -0.2) is 14.2 Å². The summed E-state index contributed by atoms with van der Waals surface area (Å²) >= 11 is 0. The number of ether oxygens (including phenoxy) is 2. The fraction of sp³-hybridized carbons (Fsp3) is 0.400. The predicted octanol–water partition coefficient (Wildman–Crippen LogP) is 3.29. The van der Waals surface area contributed by atoms with Crippen molar-refractivity contribution >= 4 is 17.7 Å². The molecule has 2 heterocycles. The normalized spacial score (nSPS) is 18.6. The molecule has 0 saturated carbocycles. The van der Waals surface area contributed by atoms with Gasteiger partial charge in [0.25, 0.3) is 5.91 Å². The van der Waals surface area contributed by atoms with E-state index in [-0.39, 0.29) is 30.4 Å². The Labute approximate surface area is 198 Å². The van der Waals surface area contributed by atoms with Crippen LogP contribution in [0.3, 0.4) is 0 Å². The zero-order chi connectivity index (χ0) is 24.1. The fourth-order valence-corrected chi connectivity index (χ4v) is 4.24. The maximum Gasteiger partial charge on any atom is 0.409 e. The highest BCUT2D eigenvalue weighted by Crippen LogP contribution is 2.34. The molecule has 1 fully saturated rings. The van der Waals surface area contributed by atoms with Crippen LogP contribution in [0.1, 0.15) is 30.5 Å². The molecule has 0 spiro atoms. The minimum atomic E-state index is -0.342. The molecule has 2 aliphatic heterocycles. The maximum atomic E-state index is 13.8. The van der Waals surface area contributed by atoms with Gasteiger partial charge in [0.05, 0.1) is 32.0 Å². The lowest BCUT2D eigenvalue weighted by Crippen LogP contribution is -2.51. The van der Waals surface area contributed by atoms with Crippen molar-refractivity contribution in [3.8, 4) is 5.75 Å². The number of carbonyl (C=O) groups excluding carboxylic acids is 2. The van der Waals surface area contributed by atoms with E-state index in [9.17, 15) is 14.0 Å². The number of methoxy groups -OCH3 is 1. The number of hydrazone groups is 1. The summed E-state index contributed by atoms with van der Waals surface area (Å²) in [6.45, 7) is 4.46. The van der Waals surface area contributed by atoms with Gasteiger partial charge in [-0.15, -0.1) is 0 Å². The van der Waals surface area contributed by atoms with E-state index in [4.69, 9.17) is 9.47 Å². The van der Waals surface area contributed by atoms with Crippen molar-refractivity contribution in [3.05, 3.63) is 65.5 Å². The van der Waals surface area contributed by atoms with Crippen molar-refractivity contribution in [3.63, 3.8) is 0 Å². The summed E-state index contributed by atoms with van der Waals surface area (Å²) < 4.78 is 24.1. The molecule has 9 heteroatoms. The molecule has 2 aromatic rings. The molecule has 0 radical (unpaired) electrons. The quantitative estimate of drug-likeness (QED) is 0.651. The van der Waals surface area contributed by atoms with Crippen molar-refractivity contribution < 1.29 is 23.5 Å². The van der Waals surface area contributed by atoms with Crippen molar-refractivity contribution in [1.82, 2.24) is 14.8 Å². The summed E-state index contributed by atoms with van der Waals surface area (Å²) in [5.74, 6) is 0.243. The van der Waals surface area contributed by atoms with E-state index in [1.54, 1.807) is 31.1 Å². The standard InChI is InChI=1S/C25H29FN4O4/c1-3-34-25(32)29-13-11-28(12-14-29)17-24(31)30-23(18-7-9-21(33-2)10-8-18)16-22(27-30)19-5-4-6-20(26)15-19/h4-10,15,23H,3,11-14,16-17H2,1-2H3/t23-/m0/s1. The molecule has 2 amide bonds. The first-order chi connectivity index (χ1) is 16.5. The van der Waals surface area contributed by atoms with Gasteiger partial charge in [-0.2, -0.15) is 5.10 Å². The molecule has 0 bridgehead atoms. The molecule has 0 unspecified atom stereocenters. The number of rotatable bonds is 6. The van der Waals surface area contributed by atoms with Crippen molar-refractivity contribution in [1.29, 1.82) is 0 Å². The van der Waals surface area contributed by atoms with E-state index >= 15 is 0 Å². The van der Waals surface area contributed by atoms with Crippen LogP contribution in [0.15, 0.2) is 53.6 Å². The van der Waals surface area contributed by atoms with Gasteiger partial charge >= 0.3 is 6.09 Å². The zero-order valence-electron chi connectivity index (χ0n) is 19.4. The SMILES string of the molecule is CCOC(=O)N1CCN(CC(=O)N2N=C(c3cccc(F)c3)C[C@H]2c2ccc(OC)cc2)CC1. The molecule has 1 saturated heterocycles. The zero-order valence-corrected chi connectivity index (χ0v) is 19.4. The molecule has 0 aromatic heterocycles. The number of nitrogens with zero attached hydrogens (tertiary/aromatic N) is 4. The van der Waals surface area contributed by atoms with Gasteiger partial charge < -0.3 is 14.4 Å². The Kier molecular flexibility index (Phi) is 7.42. The smallest absolute Gasteiger partial charge is 0.409 e. The summed E-state index contributed by atoms with van der Waals surface area (Å²) in [4.78, 5) is 29.0. The van der Waals surface area contributed by atoms with Crippen molar-refractivity contribution in [2.45, 2.75) is 19.4 Å². The molecule has 0 N–H and O–H groups in total. The highest BCUT2D eigenvalue weighted by Gasteiger charge is 2.34. The summed E-state index contributed by atoms with van der Waals surface area (Å²) in [7, 11) is 1.60. The monoisotopic (exact) mass is 468 g/mol. The number of carbonyl (C=O) groups is 2. The summed E-state index contributed by atoms with van der Waals surface area (Å²) in [6.07, 6.45) is 0.162. The van der Waals surface area contributed by atoms with E-state index < -0.39 is 0 Å². The van der Waals surface area contributed by atoms with E-state index in [0.29, 0.717) is 50.5 Å². The number of hydrogen-bond acceptors (Lipinski definition) is 6. The maximum absolute atomic E-state index is 13.8. The van der Waals surface area contributed by atoms with Crippen LogP contribution in [0.25, 0.3) is 0 Å². The first-order valence-electron chi connectivity index (χ1n) is 11.4. The third-order valence-electron chi connectivity index (χ3n) is 6.08. The van der Waals surface area contributed by atoms with Crippen LogP contribution in [0.4, 0.5) is 9.18 Å². The minimum absolute atomic E-state index is 0.142. The van der Waals surface area contributed by atoms with Crippen molar-refractivity contribution in [2.75, 3.05) is 46.4 Å². The summed E-state index contributed by atoms with van der Waals surface area (Å²) in [5.41, 5.74) is 2.26. The highest BCUT2D eigenvalue weighted by atomic mass is 19.1. The van der Waals surface area contributed by atoms with Gasteiger partial charge in [0, 0.05) is 38.2 Å². The number of halogens is 1. The summed E-state index contributed by atoms with van der Waals surface area (Å²) in [6, 6.07) is 13.5. The van der Waals surface area contributed by atoms with Crippen LogP contribution in [0, 0.1) is 5.82 Å². The molecule has 4 rings (SSSR count). The van der Waals surface area contributed by atoms with Gasteiger partial charge in [-0.05, 0) is 36.8 Å². The molecule has 8 nitrogen and oxygen atoms in total. The Bertz CT molecular complexity index is 1050. The molecule has 180 valence electrons. The van der Waals surface area contributed by atoms with Crippen LogP contribution in [0.5, 0.6) is 5.75 Å². The van der Waals surface area contributed by atoms with Gasteiger partial charge in [0.15, 0.2) is 0 Å². The highest BCUT2D eigenvalue weighted by molar-refractivity contribution is 6.03. The molecule has 1 atom stereocenters. The topological polar surface area (TPSA) is 74.7 Å². The van der Waals surface area contributed by atoms with E-state index in [1.807, 2.05) is 29.2 Å². The second-order valence-electron chi connectivity index (χ2n) is 8.25. The average Bonchev–Trinajstić information content (AvgIpc) is 3.30. The predicted molar refractivity (Wildman–Crippen MR) is 125 cm³/mol. The molecular formula is C25H29FN4O4. The number of hydrogen-bond donors (Lipinski definition) is 0. The van der Waals surface area contributed by atoms with Gasteiger partial charge in [-0.1, -0.05) is 24.3 Å². The Balaban J connectivity index is 1.49. The Morgan fingerprint density at radius 2 is 1.82 bits per heavy atom. The van der Waals surface area contributed by atoms with Gasteiger partial charge in [0.1, 0.15) is 11.6 Å². The van der Waals surface area contributed by atoms with Gasteiger partial charge in [-0.3, -0.25) is 9.69 Å². The second kappa shape index (κ2) is 10.6. The van der Waals surface area contributed by atoms with Crippen LogP contribution in [-0.4, -0.2) is 79.0 Å². The summed E-state index contributed by atoms with van der Waals surface area (Å²) in [5, 5.41) is 6.14. The van der Waals surface area contributed by atoms with E-state index in [0.717, 1.165) is 11.3 Å². The number of piperazine rings is 1. The first-order valence-corrected chi connectivity index (χ1v) is 11.4. The minimum Gasteiger partial charge on any atom is -0.497 e. The molecular weight excluding hydrogens is 439 g/mol. The second-order valence-corrected chi connectivity index (χ2v) is 8.25. The van der Waals surface area contributed by atoms with Crippen LogP contribution in [-0.2, 0) is 9.53 Å². The van der Waals surface area contributed by atoms with Gasteiger partial charge in [0.2, 0.25) is 0 Å². The number of benzene rings is 2. The van der Waals surface area contributed by atoms with E-state index in [1.165, 1.54) is 17.1 Å². The molecule has 2 aliphatic rings. The van der Waals surface area contributed by atoms with E-state index in [2.05, 4.69) is 5.10 Å². The lowest BCUT2D eigenvalue weighted by Gasteiger charge is -2.34. The lowest BCUT2D eigenvalue weighted by atomic mass is 9.98. The number of amides is 2. The van der Waals surface area contributed by atoms with Crippen LogP contribution in [0.2, 0.25) is 0 Å².